The lowest BCUT2D eigenvalue weighted by atomic mass is 10.3. The lowest BCUT2D eigenvalue weighted by molar-refractivity contribution is -0.123. The molecule has 0 aliphatic heterocycles. The second-order valence-electron chi connectivity index (χ2n) is 3.78. The molecule has 0 spiro atoms. The maximum absolute atomic E-state index is 11.5. The van der Waals surface area contributed by atoms with Gasteiger partial charge in [0.1, 0.15) is 11.5 Å². The number of hydrogen-bond acceptors (Lipinski definition) is 4. The molecule has 1 amide bonds. The first-order chi connectivity index (χ1) is 9.17. The van der Waals surface area contributed by atoms with Crippen molar-refractivity contribution < 1.29 is 19.0 Å². The molecule has 0 saturated heterocycles. The molecule has 1 N–H and O–H groups in total. The first kappa shape index (κ1) is 15.8. The molecule has 6 heteroatoms. The van der Waals surface area contributed by atoms with Gasteiger partial charge in [-0.2, -0.15) is 0 Å². The van der Waals surface area contributed by atoms with E-state index < -0.39 is 0 Å². The van der Waals surface area contributed by atoms with Gasteiger partial charge in [0.05, 0.1) is 11.6 Å². The summed E-state index contributed by atoms with van der Waals surface area (Å²) in [4.78, 5) is 11.5. The number of ether oxygens (including phenoxy) is 3. The van der Waals surface area contributed by atoms with Crippen molar-refractivity contribution in [1.82, 2.24) is 5.32 Å². The summed E-state index contributed by atoms with van der Waals surface area (Å²) >= 11 is 3.35. The van der Waals surface area contributed by atoms with Gasteiger partial charge in [0.15, 0.2) is 6.61 Å². The topological polar surface area (TPSA) is 56.8 Å². The summed E-state index contributed by atoms with van der Waals surface area (Å²) in [5, 5.41) is 2.75. The molecule has 0 aliphatic carbocycles. The summed E-state index contributed by atoms with van der Waals surface area (Å²) < 4.78 is 16.2. The van der Waals surface area contributed by atoms with Crippen LogP contribution in [0.25, 0.3) is 0 Å². The number of carbonyl (C=O) groups is 1. The van der Waals surface area contributed by atoms with Crippen molar-refractivity contribution in [2.24, 2.45) is 0 Å². The number of rotatable bonds is 8. The standard InChI is InChI=1S/C13H18BrNO4/c1-17-7-3-6-15-13(16)9-19-12-8-10(18-2)4-5-11(12)14/h4-5,8H,3,6-7,9H2,1-2H3,(H,15,16). The fraction of sp³-hybridized carbons (Fsp3) is 0.462. The smallest absolute Gasteiger partial charge is 0.257 e. The quantitative estimate of drug-likeness (QED) is 0.740. The Morgan fingerprint density at radius 2 is 2.16 bits per heavy atom. The van der Waals surface area contributed by atoms with Gasteiger partial charge in [-0.15, -0.1) is 0 Å². The van der Waals surface area contributed by atoms with Gasteiger partial charge in [-0.1, -0.05) is 0 Å². The first-order valence-electron chi connectivity index (χ1n) is 5.89. The third-order valence-corrected chi connectivity index (χ3v) is 3.00. The predicted octanol–water partition coefficient (Wildman–Crippen LogP) is 1.99. The Morgan fingerprint density at radius 3 is 2.84 bits per heavy atom. The number of hydrogen-bond donors (Lipinski definition) is 1. The Bertz CT molecular complexity index is 412. The molecule has 0 aromatic heterocycles. The number of nitrogens with one attached hydrogen (secondary N) is 1. The SMILES string of the molecule is COCCCNC(=O)COc1cc(OC)ccc1Br. The summed E-state index contributed by atoms with van der Waals surface area (Å²) in [5.41, 5.74) is 0. The van der Waals surface area contributed by atoms with E-state index in [1.807, 2.05) is 12.1 Å². The Hall–Kier alpha value is -1.27. The maximum atomic E-state index is 11.5. The maximum Gasteiger partial charge on any atom is 0.257 e. The second-order valence-corrected chi connectivity index (χ2v) is 4.64. The highest BCUT2D eigenvalue weighted by Gasteiger charge is 2.06. The highest BCUT2D eigenvalue weighted by atomic mass is 79.9. The van der Waals surface area contributed by atoms with Gasteiger partial charge in [0.2, 0.25) is 0 Å². The second kappa shape index (κ2) is 8.77. The van der Waals surface area contributed by atoms with E-state index in [0.29, 0.717) is 24.7 Å². The van der Waals surface area contributed by atoms with Crippen molar-refractivity contribution in [2.45, 2.75) is 6.42 Å². The van der Waals surface area contributed by atoms with Gasteiger partial charge in [-0.05, 0) is 34.5 Å². The van der Waals surface area contributed by atoms with Crippen LogP contribution < -0.4 is 14.8 Å². The van der Waals surface area contributed by atoms with Crippen LogP contribution in [0.2, 0.25) is 0 Å². The molecule has 1 rings (SSSR count). The Labute approximate surface area is 121 Å². The fourth-order valence-corrected chi connectivity index (χ4v) is 1.72. The van der Waals surface area contributed by atoms with Crippen molar-refractivity contribution in [3.05, 3.63) is 22.7 Å². The monoisotopic (exact) mass is 331 g/mol. The molecule has 0 fully saturated rings. The zero-order valence-corrected chi connectivity index (χ0v) is 12.7. The number of benzene rings is 1. The number of halogens is 1. The van der Waals surface area contributed by atoms with Crippen molar-refractivity contribution in [1.29, 1.82) is 0 Å². The van der Waals surface area contributed by atoms with E-state index in [4.69, 9.17) is 14.2 Å². The molecule has 1 aromatic rings. The molecule has 19 heavy (non-hydrogen) atoms. The third kappa shape index (κ3) is 5.94. The van der Waals surface area contributed by atoms with Crippen LogP contribution in [0.5, 0.6) is 11.5 Å². The zero-order valence-electron chi connectivity index (χ0n) is 11.1. The highest BCUT2D eigenvalue weighted by Crippen LogP contribution is 2.29. The molecule has 5 nitrogen and oxygen atoms in total. The Morgan fingerprint density at radius 1 is 1.37 bits per heavy atom. The van der Waals surface area contributed by atoms with Gasteiger partial charge in [0.25, 0.3) is 5.91 Å². The largest absolute Gasteiger partial charge is 0.497 e. The van der Waals surface area contributed by atoms with Crippen molar-refractivity contribution >= 4 is 21.8 Å². The predicted molar refractivity (Wildman–Crippen MR) is 75.7 cm³/mol. The van der Waals surface area contributed by atoms with E-state index in [9.17, 15) is 4.79 Å². The van der Waals surface area contributed by atoms with E-state index >= 15 is 0 Å². The summed E-state index contributed by atoms with van der Waals surface area (Å²) in [5.74, 6) is 1.09. The van der Waals surface area contributed by atoms with E-state index in [0.717, 1.165) is 10.9 Å². The molecule has 0 unspecified atom stereocenters. The van der Waals surface area contributed by atoms with Crippen molar-refractivity contribution in [3.63, 3.8) is 0 Å². The Kier molecular flexibility index (Phi) is 7.28. The summed E-state index contributed by atoms with van der Waals surface area (Å²) in [6, 6.07) is 5.34. The van der Waals surface area contributed by atoms with Gasteiger partial charge >= 0.3 is 0 Å². The third-order valence-electron chi connectivity index (χ3n) is 2.34. The van der Waals surface area contributed by atoms with Crippen LogP contribution in [-0.4, -0.2) is 39.9 Å². The van der Waals surface area contributed by atoms with Crippen LogP contribution >= 0.6 is 15.9 Å². The molecule has 0 bridgehead atoms. The molecule has 0 radical (unpaired) electrons. The number of carbonyl (C=O) groups excluding carboxylic acids is 1. The minimum atomic E-state index is -0.161. The van der Waals surface area contributed by atoms with Crippen molar-refractivity contribution in [3.8, 4) is 11.5 Å². The molecular weight excluding hydrogens is 314 g/mol. The van der Waals surface area contributed by atoms with Crippen molar-refractivity contribution in [2.75, 3.05) is 34.0 Å². The average molecular weight is 332 g/mol. The molecule has 0 atom stereocenters. The summed E-state index contributed by atoms with van der Waals surface area (Å²) in [7, 11) is 3.21. The van der Waals surface area contributed by atoms with E-state index in [-0.39, 0.29) is 12.5 Å². The van der Waals surface area contributed by atoms with Crippen LogP contribution in [0.4, 0.5) is 0 Å². The molecule has 106 valence electrons. The van der Waals surface area contributed by atoms with Crippen LogP contribution in [0.1, 0.15) is 6.42 Å². The lowest BCUT2D eigenvalue weighted by Gasteiger charge is -2.10. The Balaban J connectivity index is 2.37. The minimum absolute atomic E-state index is 0.0290. The van der Waals surface area contributed by atoms with Crippen LogP contribution in [0.15, 0.2) is 22.7 Å². The molecule has 0 saturated carbocycles. The van der Waals surface area contributed by atoms with Gasteiger partial charge in [0, 0.05) is 26.3 Å². The average Bonchev–Trinajstić information content (AvgIpc) is 2.43. The lowest BCUT2D eigenvalue weighted by Crippen LogP contribution is -2.30. The minimum Gasteiger partial charge on any atom is -0.497 e. The molecule has 0 heterocycles. The number of methoxy groups -OCH3 is 2. The molecular formula is C13H18BrNO4. The fourth-order valence-electron chi connectivity index (χ4n) is 1.36. The van der Waals surface area contributed by atoms with E-state index in [2.05, 4.69) is 21.2 Å². The summed E-state index contributed by atoms with van der Waals surface area (Å²) in [6.07, 6.45) is 0.783. The molecule has 1 aromatic carbocycles. The zero-order chi connectivity index (χ0) is 14.1. The molecule has 0 aliphatic rings. The van der Waals surface area contributed by atoms with Gasteiger partial charge in [-0.3, -0.25) is 4.79 Å². The normalized spacial score (nSPS) is 10.1. The van der Waals surface area contributed by atoms with E-state index in [1.165, 1.54) is 0 Å². The van der Waals surface area contributed by atoms with Crippen LogP contribution in [-0.2, 0) is 9.53 Å². The van der Waals surface area contributed by atoms with Gasteiger partial charge in [-0.25, -0.2) is 0 Å². The van der Waals surface area contributed by atoms with E-state index in [1.54, 1.807) is 20.3 Å². The van der Waals surface area contributed by atoms with Crippen LogP contribution in [0, 0.1) is 0 Å². The van der Waals surface area contributed by atoms with Crippen LogP contribution in [0.3, 0.4) is 0 Å². The van der Waals surface area contributed by atoms with Gasteiger partial charge < -0.3 is 19.5 Å². The highest BCUT2D eigenvalue weighted by molar-refractivity contribution is 9.10. The number of amides is 1. The summed E-state index contributed by atoms with van der Waals surface area (Å²) in [6.45, 7) is 1.18. The first-order valence-corrected chi connectivity index (χ1v) is 6.68.